The van der Waals surface area contributed by atoms with Crippen LogP contribution in [0.3, 0.4) is 0 Å². The molecule has 3 rings (SSSR count). The van der Waals surface area contributed by atoms with Gasteiger partial charge in [-0.05, 0) is 19.3 Å². The van der Waals surface area contributed by atoms with E-state index in [1.165, 1.54) is 0 Å². The lowest BCUT2D eigenvalue weighted by molar-refractivity contribution is -0.139. The van der Waals surface area contributed by atoms with Gasteiger partial charge in [-0.1, -0.05) is 0 Å². The highest BCUT2D eigenvalue weighted by molar-refractivity contribution is 6.23. The highest BCUT2D eigenvalue weighted by Gasteiger charge is 2.47. The number of hydrogen-bond donors (Lipinski definition) is 0. The number of alkyl halides is 1. The standard InChI is InChI=1S/C7H9ClO/c8-6-2-1-4-3-5(6)7(4)9/h4-6H,1-3H2. The van der Waals surface area contributed by atoms with Crippen LogP contribution in [-0.4, -0.2) is 11.2 Å². The molecular formula is C7H9ClO. The third kappa shape index (κ3) is 0.644. The number of fused-ring (bicyclic) bond motifs is 2. The molecule has 0 N–H and O–H groups in total. The van der Waals surface area contributed by atoms with E-state index in [1.54, 1.807) is 0 Å². The summed E-state index contributed by atoms with van der Waals surface area (Å²) in [5.74, 6) is 1.08. The maximum atomic E-state index is 11.0. The fourth-order valence-electron chi connectivity index (χ4n) is 1.83. The summed E-state index contributed by atoms with van der Waals surface area (Å²) >= 11 is 5.88. The van der Waals surface area contributed by atoms with Crippen LogP contribution in [0.25, 0.3) is 0 Å². The Hall–Kier alpha value is -0.0400. The third-order valence-corrected chi connectivity index (χ3v) is 3.06. The highest BCUT2D eigenvalue weighted by Crippen LogP contribution is 2.44. The number of halogens is 1. The molecule has 9 heavy (non-hydrogen) atoms. The highest BCUT2D eigenvalue weighted by atomic mass is 35.5. The first-order valence-corrected chi connectivity index (χ1v) is 3.90. The molecule has 3 atom stereocenters. The van der Waals surface area contributed by atoms with E-state index in [2.05, 4.69) is 0 Å². The molecule has 0 aromatic carbocycles. The van der Waals surface area contributed by atoms with Crippen LogP contribution in [0, 0.1) is 11.8 Å². The zero-order valence-electron chi connectivity index (χ0n) is 5.14. The molecule has 0 aromatic heterocycles. The van der Waals surface area contributed by atoms with Gasteiger partial charge in [-0.2, -0.15) is 0 Å². The lowest BCUT2D eigenvalue weighted by atomic mass is 9.64. The van der Waals surface area contributed by atoms with Crippen molar-refractivity contribution < 1.29 is 4.79 Å². The summed E-state index contributed by atoms with van der Waals surface area (Å²) in [6, 6.07) is 0. The van der Waals surface area contributed by atoms with Crippen LogP contribution in [0.1, 0.15) is 19.3 Å². The predicted octanol–water partition coefficient (Wildman–Crippen LogP) is 1.59. The fourth-order valence-corrected chi connectivity index (χ4v) is 2.18. The molecule has 0 amide bonds. The summed E-state index contributed by atoms with van der Waals surface area (Å²) in [6.45, 7) is 0. The quantitative estimate of drug-likeness (QED) is 0.472. The van der Waals surface area contributed by atoms with E-state index in [1.807, 2.05) is 0 Å². The molecule has 0 radical (unpaired) electrons. The second kappa shape index (κ2) is 1.72. The summed E-state index contributed by atoms with van der Waals surface area (Å²) in [5.41, 5.74) is 0. The molecule has 3 aliphatic carbocycles. The van der Waals surface area contributed by atoms with E-state index in [0.29, 0.717) is 11.7 Å². The first kappa shape index (κ1) is 5.72. The molecule has 3 unspecified atom stereocenters. The largest absolute Gasteiger partial charge is 0.299 e. The van der Waals surface area contributed by atoms with E-state index >= 15 is 0 Å². The van der Waals surface area contributed by atoms with Gasteiger partial charge >= 0.3 is 0 Å². The molecule has 50 valence electrons. The zero-order valence-corrected chi connectivity index (χ0v) is 5.90. The molecule has 1 nitrogen and oxygen atoms in total. The van der Waals surface area contributed by atoms with Gasteiger partial charge in [0.15, 0.2) is 0 Å². The normalized spacial score (nSPS) is 48.6. The smallest absolute Gasteiger partial charge is 0.140 e. The number of carbonyl (C=O) groups is 1. The van der Waals surface area contributed by atoms with E-state index in [9.17, 15) is 4.79 Å². The Morgan fingerprint density at radius 3 is 2.56 bits per heavy atom. The van der Waals surface area contributed by atoms with Crippen LogP contribution >= 0.6 is 11.6 Å². The Morgan fingerprint density at radius 1 is 1.44 bits per heavy atom. The van der Waals surface area contributed by atoms with Gasteiger partial charge in [0, 0.05) is 17.2 Å². The molecule has 3 fully saturated rings. The van der Waals surface area contributed by atoms with Crippen molar-refractivity contribution in [2.75, 3.05) is 0 Å². The maximum Gasteiger partial charge on any atom is 0.140 e. The summed E-state index contributed by atoms with van der Waals surface area (Å²) in [7, 11) is 0. The van der Waals surface area contributed by atoms with Crippen LogP contribution in [0.15, 0.2) is 0 Å². The van der Waals surface area contributed by atoms with Gasteiger partial charge in [0.05, 0.1) is 0 Å². The van der Waals surface area contributed by atoms with Gasteiger partial charge in [0.2, 0.25) is 0 Å². The zero-order chi connectivity index (χ0) is 6.43. The molecule has 3 aliphatic rings. The molecule has 3 saturated carbocycles. The SMILES string of the molecule is O=C1C2CCC(Cl)C1C2. The van der Waals surface area contributed by atoms with Gasteiger partial charge in [0.25, 0.3) is 0 Å². The number of ketones is 1. The maximum absolute atomic E-state index is 11.0. The van der Waals surface area contributed by atoms with Crippen molar-refractivity contribution in [3.8, 4) is 0 Å². The van der Waals surface area contributed by atoms with Gasteiger partial charge in [-0.25, -0.2) is 0 Å². The van der Waals surface area contributed by atoms with Crippen molar-refractivity contribution in [2.45, 2.75) is 24.6 Å². The van der Waals surface area contributed by atoms with Crippen molar-refractivity contribution in [3.63, 3.8) is 0 Å². The molecule has 0 spiro atoms. The Balaban J connectivity index is 2.14. The first-order valence-electron chi connectivity index (χ1n) is 3.47. The van der Waals surface area contributed by atoms with E-state index in [0.717, 1.165) is 19.3 Å². The van der Waals surface area contributed by atoms with Crippen molar-refractivity contribution >= 4 is 17.4 Å². The van der Waals surface area contributed by atoms with Crippen molar-refractivity contribution in [1.29, 1.82) is 0 Å². The number of hydrogen-bond acceptors (Lipinski definition) is 1. The van der Waals surface area contributed by atoms with Crippen molar-refractivity contribution in [1.82, 2.24) is 0 Å². The van der Waals surface area contributed by atoms with Crippen LogP contribution in [-0.2, 0) is 4.79 Å². The minimum absolute atomic E-state index is 0.169. The summed E-state index contributed by atoms with van der Waals surface area (Å²) in [4.78, 5) is 11.0. The number of Topliss-reactive ketones (excluding diaryl/α,β-unsaturated/α-hetero) is 1. The lowest BCUT2D eigenvalue weighted by Crippen LogP contribution is -2.47. The Morgan fingerprint density at radius 2 is 2.22 bits per heavy atom. The van der Waals surface area contributed by atoms with Crippen LogP contribution in [0.4, 0.5) is 0 Å². The second-order valence-electron chi connectivity index (χ2n) is 3.03. The van der Waals surface area contributed by atoms with E-state index in [4.69, 9.17) is 11.6 Å². The molecule has 0 aliphatic heterocycles. The van der Waals surface area contributed by atoms with E-state index in [-0.39, 0.29) is 11.3 Å². The van der Waals surface area contributed by atoms with Crippen LogP contribution in [0.2, 0.25) is 0 Å². The number of carbonyl (C=O) groups excluding carboxylic acids is 1. The molecule has 0 saturated heterocycles. The summed E-state index contributed by atoms with van der Waals surface area (Å²) in [5, 5.41) is 0.169. The van der Waals surface area contributed by atoms with Crippen molar-refractivity contribution in [2.24, 2.45) is 11.8 Å². The molecule has 2 bridgehead atoms. The van der Waals surface area contributed by atoms with Crippen molar-refractivity contribution in [3.05, 3.63) is 0 Å². The molecular weight excluding hydrogens is 136 g/mol. The topological polar surface area (TPSA) is 17.1 Å². The summed E-state index contributed by atoms with van der Waals surface area (Å²) in [6.07, 6.45) is 3.18. The lowest BCUT2D eigenvalue weighted by Gasteiger charge is -2.42. The number of rotatable bonds is 0. The van der Waals surface area contributed by atoms with Gasteiger partial charge in [0.1, 0.15) is 5.78 Å². The van der Waals surface area contributed by atoms with E-state index < -0.39 is 0 Å². The fraction of sp³-hybridized carbons (Fsp3) is 0.857. The average molecular weight is 145 g/mol. The average Bonchev–Trinajstić information content (AvgIpc) is 1.86. The molecule has 2 heteroatoms. The van der Waals surface area contributed by atoms with Crippen LogP contribution < -0.4 is 0 Å². The second-order valence-corrected chi connectivity index (χ2v) is 3.60. The Bertz CT molecular complexity index is 153. The predicted molar refractivity (Wildman–Crippen MR) is 35.5 cm³/mol. The third-order valence-electron chi connectivity index (χ3n) is 2.53. The molecule has 0 aromatic rings. The summed E-state index contributed by atoms with van der Waals surface area (Å²) < 4.78 is 0. The van der Waals surface area contributed by atoms with Gasteiger partial charge < -0.3 is 0 Å². The Labute approximate surface area is 59.4 Å². The van der Waals surface area contributed by atoms with Gasteiger partial charge in [-0.3, -0.25) is 4.79 Å². The monoisotopic (exact) mass is 144 g/mol. The Kier molecular flexibility index (Phi) is 1.10. The molecule has 0 heterocycles. The van der Waals surface area contributed by atoms with Crippen LogP contribution in [0.5, 0.6) is 0 Å². The first-order chi connectivity index (χ1) is 4.29. The van der Waals surface area contributed by atoms with Gasteiger partial charge in [-0.15, -0.1) is 11.6 Å². The minimum atomic E-state index is 0.169. The minimum Gasteiger partial charge on any atom is -0.299 e.